The van der Waals surface area contributed by atoms with Gasteiger partial charge in [0.2, 0.25) is 0 Å². The number of halogens is 2. The summed E-state index contributed by atoms with van der Waals surface area (Å²) in [5.74, 6) is 0.653. The molecule has 15 heavy (non-hydrogen) atoms. The van der Waals surface area contributed by atoms with Gasteiger partial charge < -0.3 is 5.32 Å². The SMILES string of the molecule is CC(CBr)C(C)NCc1ccc(Br)cc1. The molecule has 2 unspecified atom stereocenters. The van der Waals surface area contributed by atoms with Crippen LogP contribution >= 0.6 is 31.9 Å². The highest BCUT2D eigenvalue weighted by Crippen LogP contribution is 2.11. The summed E-state index contributed by atoms with van der Waals surface area (Å²) in [6, 6.07) is 8.98. The van der Waals surface area contributed by atoms with Crippen molar-refractivity contribution in [1.82, 2.24) is 5.32 Å². The Labute approximate surface area is 109 Å². The fourth-order valence-electron chi connectivity index (χ4n) is 1.22. The minimum atomic E-state index is 0.535. The van der Waals surface area contributed by atoms with Gasteiger partial charge in [-0.15, -0.1) is 0 Å². The van der Waals surface area contributed by atoms with Crippen molar-refractivity contribution in [2.24, 2.45) is 5.92 Å². The van der Waals surface area contributed by atoms with Crippen LogP contribution in [0.4, 0.5) is 0 Å². The monoisotopic (exact) mass is 333 g/mol. The van der Waals surface area contributed by atoms with Gasteiger partial charge in [0.1, 0.15) is 0 Å². The molecule has 84 valence electrons. The third kappa shape index (κ3) is 4.66. The fraction of sp³-hybridized carbons (Fsp3) is 0.500. The lowest BCUT2D eigenvalue weighted by atomic mass is 10.1. The average Bonchev–Trinajstić information content (AvgIpc) is 2.26. The molecule has 0 aliphatic carbocycles. The smallest absolute Gasteiger partial charge is 0.0208 e. The normalized spacial score (nSPS) is 14.9. The maximum atomic E-state index is 3.52. The summed E-state index contributed by atoms with van der Waals surface area (Å²) >= 11 is 6.94. The Kier molecular flexibility index (Phi) is 5.87. The summed E-state index contributed by atoms with van der Waals surface area (Å²) in [6.07, 6.45) is 0. The molecular formula is C12H17Br2N. The first-order chi connectivity index (χ1) is 7.13. The van der Waals surface area contributed by atoms with Crippen molar-refractivity contribution < 1.29 is 0 Å². The predicted molar refractivity (Wildman–Crippen MR) is 73.4 cm³/mol. The molecule has 1 rings (SSSR count). The van der Waals surface area contributed by atoms with Gasteiger partial charge >= 0.3 is 0 Å². The van der Waals surface area contributed by atoms with Crippen LogP contribution in [0.3, 0.4) is 0 Å². The van der Waals surface area contributed by atoms with Crippen LogP contribution in [-0.4, -0.2) is 11.4 Å². The second kappa shape index (κ2) is 6.66. The Balaban J connectivity index is 2.40. The highest BCUT2D eigenvalue weighted by atomic mass is 79.9. The summed E-state index contributed by atoms with van der Waals surface area (Å²) in [5.41, 5.74) is 1.33. The van der Waals surface area contributed by atoms with Crippen LogP contribution in [0.2, 0.25) is 0 Å². The lowest BCUT2D eigenvalue weighted by Gasteiger charge is -2.19. The second-order valence-corrected chi connectivity index (χ2v) is 5.49. The van der Waals surface area contributed by atoms with Crippen molar-refractivity contribution in [2.75, 3.05) is 5.33 Å². The van der Waals surface area contributed by atoms with E-state index in [1.165, 1.54) is 5.56 Å². The Morgan fingerprint density at radius 1 is 1.20 bits per heavy atom. The molecule has 0 saturated heterocycles. The first-order valence-corrected chi connectivity index (χ1v) is 7.08. The standard InChI is InChI=1S/C12H17Br2N/c1-9(7-13)10(2)15-8-11-3-5-12(14)6-4-11/h3-6,9-10,15H,7-8H2,1-2H3. The lowest BCUT2D eigenvalue weighted by molar-refractivity contribution is 0.433. The molecule has 1 nitrogen and oxygen atoms in total. The van der Waals surface area contributed by atoms with Gasteiger partial charge in [-0.2, -0.15) is 0 Å². The average molecular weight is 335 g/mol. The first-order valence-electron chi connectivity index (χ1n) is 5.17. The third-order valence-corrected chi connectivity index (χ3v) is 4.19. The highest BCUT2D eigenvalue weighted by molar-refractivity contribution is 9.10. The van der Waals surface area contributed by atoms with Crippen molar-refractivity contribution in [2.45, 2.75) is 26.4 Å². The zero-order valence-corrected chi connectivity index (χ0v) is 12.3. The number of benzene rings is 1. The molecule has 1 N–H and O–H groups in total. The number of alkyl halides is 1. The molecule has 0 bridgehead atoms. The van der Waals surface area contributed by atoms with E-state index in [4.69, 9.17) is 0 Å². The maximum absolute atomic E-state index is 3.52. The second-order valence-electron chi connectivity index (χ2n) is 3.93. The minimum absolute atomic E-state index is 0.535. The highest BCUT2D eigenvalue weighted by Gasteiger charge is 2.09. The van der Waals surface area contributed by atoms with E-state index < -0.39 is 0 Å². The molecule has 3 heteroatoms. The zero-order chi connectivity index (χ0) is 11.3. The molecule has 0 amide bonds. The van der Waals surface area contributed by atoms with E-state index in [1.807, 2.05) is 0 Å². The van der Waals surface area contributed by atoms with Crippen LogP contribution in [0.25, 0.3) is 0 Å². The Morgan fingerprint density at radius 3 is 2.33 bits per heavy atom. The summed E-state index contributed by atoms with van der Waals surface area (Å²) in [5, 5.41) is 4.57. The minimum Gasteiger partial charge on any atom is -0.310 e. The topological polar surface area (TPSA) is 12.0 Å². The largest absolute Gasteiger partial charge is 0.310 e. The number of rotatable bonds is 5. The van der Waals surface area contributed by atoms with E-state index in [0.29, 0.717) is 12.0 Å². The molecule has 0 spiro atoms. The molecule has 2 atom stereocenters. The third-order valence-electron chi connectivity index (χ3n) is 2.64. The molecule has 0 aromatic heterocycles. The fourth-order valence-corrected chi connectivity index (χ4v) is 2.04. The van der Waals surface area contributed by atoms with E-state index in [-0.39, 0.29) is 0 Å². The molecule has 0 heterocycles. The summed E-state index contributed by atoms with van der Waals surface area (Å²) < 4.78 is 1.13. The van der Waals surface area contributed by atoms with E-state index in [0.717, 1.165) is 16.3 Å². The van der Waals surface area contributed by atoms with Gasteiger partial charge in [-0.05, 0) is 30.5 Å². The summed E-state index contributed by atoms with van der Waals surface area (Å²) in [4.78, 5) is 0. The van der Waals surface area contributed by atoms with Gasteiger partial charge in [0.15, 0.2) is 0 Å². The van der Waals surface area contributed by atoms with E-state index in [9.17, 15) is 0 Å². The molecule has 0 fully saturated rings. The number of hydrogen-bond donors (Lipinski definition) is 1. The van der Waals surface area contributed by atoms with E-state index >= 15 is 0 Å². The summed E-state index contributed by atoms with van der Waals surface area (Å²) in [7, 11) is 0. The Hall–Kier alpha value is 0.140. The van der Waals surface area contributed by atoms with Gasteiger partial charge in [-0.3, -0.25) is 0 Å². The van der Waals surface area contributed by atoms with E-state index in [1.54, 1.807) is 0 Å². The number of hydrogen-bond acceptors (Lipinski definition) is 1. The molecule has 0 radical (unpaired) electrons. The molecule has 1 aromatic carbocycles. The maximum Gasteiger partial charge on any atom is 0.0208 e. The van der Waals surface area contributed by atoms with Gasteiger partial charge in [0, 0.05) is 22.4 Å². The van der Waals surface area contributed by atoms with Gasteiger partial charge in [0.25, 0.3) is 0 Å². The van der Waals surface area contributed by atoms with Crippen LogP contribution in [0, 0.1) is 5.92 Å². The van der Waals surface area contributed by atoms with E-state index in [2.05, 4.69) is 75.3 Å². The van der Waals surface area contributed by atoms with Gasteiger partial charge in [-0.25, -0.2) is 0 Å². The Morgan fingerprint density at radius 2 is 1.80 bits per heavy atom. The van der Waals surface area contributed by atoms with Crippen molar-refractivity contribution in [3.8, 4) is 0 Å². The van der Waals surface area contributed by atoms with Crippen molar-refractivity contribution in [1.29, 1.82) is 0 Å². The van der Waals surface area contributed by atoms with Crippen molar-refractivity contribution in [3.05, 3.63) is 34.3 Å². The molecule has 0 saturated carbocycles. The summed E-state index contributed by atoms with van der Waals surface area (Å²) in [6.45, 7) is 5.41. The van der Waals surface area contributed by atoms with Gasteiger partial charge in [0.05, 0.1) is 0 Å². The lowest BCUT2D eigenvalue weighted by Crippen LogP contribution is -2.32. The van der Waals surface area contributed by atoms with Crippen LogP contribution in [0.15, 0.2) is 28.7 Å². The van der Waals surface area contributed by atoms with Gasteiger partial charge in [-0.1, -0.05) is 50.9 Å². The molecular weight excluding hydrogens is 318 g/mol. The first kappa shape index (κ1) is 13.2. The Bertz CT molecular complexity index is 284. The predicted octanol–water partition coefficient (Wildman–Crippen LogP) is 3.96. The quantitative estimate of drug-likeness (QED) is 0.804. The van der Waals surface area contributed by atoms with Crippen LogP contribution in [-0.2, 0) is 6.54 Å². The van der Waals surface area contributed by atoms with Crippen LogP contribution in [0.5, 0.6) is 0 Å². The van der Waals surface area contributed by atoms with Crippen molar-refractivity contribution in [3.63, 3.8) is 0 Å². The molecule has 0 aliphatic rings. The van der Waals surface area contributed by atoms with Crippen LogP contribution in [0.1, 0.15) is 19.4 Å². The number of nitrogens with one attached hydrogen (secondary N) is 1. The molecule has 0 aliphatic heterocycles. The van der Waals surface area contributed by atoms with Crippen LogP contribution < -0.4 is 5.32 Å². The zero-order valence-electron chi connectivity index (χ0n) is 9.13. The molecule has 1 aromatic rings. The van der Waals surface area contributed by atoms with Crippen molar-refractivity contribution >= 4 is 31.9 Å².